The minimum Gasteiger partial charge on any atom is -0.350 e. The van der Waals surface area contributed by atoms with Crippen molar-refractivity contribution in [3.8, 4) is 11.3 Å². The summed E-state index contributed by atoms with van der Waals surface area (Å²) < 4.78 is 0. The first-order valence-electron chi connectivity index (χ1n) is 10.9. The molecule has 5 rings (SSSR count). The van der Waals surface area contributed by atoms with E-state index < -0.39 is 0 Å². The summed E-state index contributed by atoms with van der Waals surface area (Å²) >= 11 is 6.46. The highest BCUT2D eigenvalue weighted by molar-refractivity contribution is 6.33. The van der Waals surface area contributed by atoms with E-state index in [2.05, 4.69) is 30.5 Å². The lowest BCUT2D eigenvalue weighted by atomic mass is 9.96. The largest absolute Gasteiger partial charge is 0.350 e. The molecule has 2 aliphatic heterocycles. The van der Waals surface area contributed by atoms with Gasteiger partial charge in [0.2, 0.25) is 5.95 Å². The highest BCUT2D eigenvalue weighted by Gasteiger charge is 2.24. The zero-order valence-corrected chi connectivity index (χ0v) is 17.8. The number of anilines is 1. The van der Waals surface area contributed by atoms with E-state index in [1.54, 1.807) is 12.4 Å². The molecule has 30 heavy (non-hydrogen) atoms. The first-order chi connectivity index (χ1) is 14.8. The lowest BCUT2D eigenvalue weighted by Crippen LogP contribution is -2.45. The van der Waals surface area contributed by atoms with Crippen molar-refractivity contribution in [3.05, 3.63) is 35.7 Å². The Kier molecular flexibility index (Phi) is 5.84. The zero-order chi connectivity index (χ0) is 20.3. The SMILES string of the molecule is Clc1cnc(N[C@@H]2CCCN(CC3CCNCC3)C2)nc1-c1c[nH]c2ncccc12. The van der Waals surface area contributed by atoms with Crippen molar-refractivity contribution in [1.29, 1.82) is 0 Å². The Balaban J connectivity index is 1.30. The van der Waals surface area contributed by atoms with Crippen molar-refractivity contribution >= 4 is 28.6 Å². The second-order valence-electron chi connectivity index (χ2n) is 8.43. The molecule has 5 heterocycles. The number of H-pyrrole nitrogens is 1. The van der Waals surface area contributed by atoms with Crippen LogP contribution in [0.15, 0.2) is 30.7 Å². The van der Waals surface area contributed by atoms with E-state index in [1.807, 2.05) is 18.3 Å². The van der Waals surface area contributed by atoms with Gasteiger partial charge in [0.1, 0.15) is 5.65 Å². The van der Waals surface area contributed by atoms with Gasteiger partial charge in [-0.3, -0.25) is 0 Å². The van der Waals surface area contributed by atoms with Crippen LogP contribution in [0.25, 0.3) is 22.3 Å². The molecule has 0 saturated carbocycles. The number of fused-ring (bicyclic) bond motifs is 1. The normalized spacial score (nSPS) is 21.2. The average Bonchev–Trinajstić information content (AvgIpc) is 3.20. The van der Waals surface area contributed by atoms with Crippen LogP contribution in [-0.4, -0.2) is 63.6 Å². The molecular formula is C22H28ClN7. The number of aromatic amines is 1. The van der Waals surface area contributed by atoms with Gasteiger partial charge >= 0.3 is 0 Å². The standard InChI is InChI=1S/C22H28ClN7/c23-19-12-27-22(29-20(19)18-11-26-21-17(18)4-1-7-25-21)28-16-3-2-10-30(14-16)13-15-5-8-24-9-6-15/h1,4,7,11-12,15-16,24H,2-3,5-6,8-10,13-14H2,(H,25,26)(H,27,28,29)/t16-/m1/s1. The molecule has 3 N–H and O–H groups in total. The summed E-state index contributed by atoms with van der Waals surface area (Å²) in [6, 6.07) is 4.31. The lowest BCUT2D eigenvalue weighted by Gasteiger charge is -2.36. The maximum absolute atomic E-state index is 6.46. The van der Waals surface area contributed by atoms with Crippen molar-refractivity contribution in [1.82, 2.24) is 30.2 Å². The lowest BCUT2D eigenvalue weighted by molar-refractivity contribution is 0.169. The third-order valence-corrected chi connectivity index (χ3v) is 6.54. The molecule has 158 valence electrons. The van der Waals surface area contributed by atoms with Gasteiger partial charge < -0.3 is 20.5 Å². The third-order valence-electron chi connectivity index (χ3n) is 6.26. The summed E-state index contributed by atoms with van der Waals surface area (Å²) in [6.07, 6.45) is 10.3. The third kappa shape index (κ3) is 4.29. The van der Waals surface area contributed by atoms with Crippen LogP contribution in [0.5, 0.6) is 0 Å². The fourth-order valence-electron chi connectivity index (χ4n) is 4.73. The van der Waals surface area contributed by atoms with E-state index in [1.165, 1.54) is 32.4 Å². The molecule has 0 aromatic carbocycles. The molecule has 3 aromatic heterocycles. The van der Waals surface area contributed by atoms with E-state index in [9.17, 15) is 0 Å². The van der Waals surface area contributed by atoms with Gasteiger partial charge in [-0.2, -0.15) is 0 Å². The maximum atomic E-state index is 6.46. The maximum Gasteiger partial charge on any atom is 0.223 e. The van der Waals surface area contributed by atoms with Crippen LogP contribution < -0.4 is 10.6 Å². The van der Waals surface area contributed by atoms with Crippen molar-refractivity contribution < 1.29 is 0 Å². The highest BCUT2D eigenvalue weighted by atomic mass is 35.5. The summed E-state index contributed by atoms with van der Waals surface area (Å²) in [5.74, 6) is 1.46. The van der Waals surface area contributed by atoms with Crippen molar-refractivity contribution in [3.63, 3.8) is 0 Å². The summed E-state index contributed by atoms with van der Waals surface area (Å²) in [7, 11) is 0. The van der Waals surface area contributed by atoms with E-state index in [0.29, 0.717) is 17.0 Å². The summed E-state index contributed by atoms with van der Waals surface area (Å²) in [5, 5.41) is 8.58. The Hall–Kier alpha value is -2.22. The fraction of sp³-hybridized carbons (Fsp3) is 0.500. The van der Waals surface area contributed by atoms with E-state index in [-0.39, 0.29) is 0 Å². The van der Waals surface area contributed by atoms with Gasteiger partial charge in [-0.05, 0) is 63.4 Å². The van der Waals surface area contributed by atoms with Gasteiger partial charge in [-0.15, -0.1) is 0 Å². The Morgan fingerprint density at radius 3 is 3.00 bits per heavy atom. The topological polar surface area (TPSA) is 81.8 Å². The molecule has 0 spiro atoms. The summed E-state index contributed by atoms with van der Waals surface area (Å²) in [4.78, 5) is 19.4. The Morgan fingerprint density at radius 2 is 2.10 bits per heavy atom. The number of nitrogens with zero attached hydrogens (tertiary/aromatic N) is 4. The molecule has 0 bridgehead atoms. The molecule has 0 unspecified atom stereocenters. The number of hydrogen-bond donors (Lipinski definition) is 3. The number of nitrogens with one attached hydrogen (secondary N) is 3. The van der Waals surface area contributed by atoms with Gasteiger partial charge in [0.25, 0.3) is 0 Å². The van der Waals surface area contributed by atoms with Crippen LogP contribution in [0.3, 0.4) is 0 Å². The van der Waals surface area contributed by atoms with Crippen molar-refractivity contribution in [2.45, 2.75) is 31.7 Å². The Morgan fingerprint density at radius 1 is 1.20 bits per heavy atom. The van der Waals surface area contributed by atoms with Crippen LogP contribution in [0.4, 0.5) is 5.95 Å². The first-order valence-corrected chi connectivity index (χ1v) is 11.3. The Bertz CT molecular complexity index is 998. The molecule has 0 radical (unpaired) electrons. The molecule has 2 aliphatic rings. The van der Waals surface area contributed by atoms with Crippen LogP contribution >= 0.6 is 11.6 Å². The zero-order valence-electron chi connectivity index (χ0n) is 17.1. The smallest absolute Gasteiger partial charge is 0.223 e. The molecule has 2 saturated heterocycles. The van der Waals surface area contributed by atoms with Gasteiger partial charge in [0.05, 0.1) is 16.9 Å². The fourth-order valence-corrected chi connectivity index (χ4v) is 4.92. The predicted octanol–water partition coefficient (Wildman–Crippen LogP) is 3.55. The number of hydrogen-bond acceptors (Lipinski definition) is 6. The van der Waals surface area contributed by atoms with Crippen molar-refractivity contribution in [2.24, 2.45) is 5.92 Å². The average molecular weight is 426 g/mol. The molecule has 7 nitrogen and oxygen atoms in total. The van der Waals surface area contributed by atoms with Crippen LogP contribution in [0, 0.1) is 5.92 Å². The molecule has 0 aliphatic carbocycles. The number of likely N-dealkylation sites (tertiary alicyclic amines) is 1. The van der Waals surface area contributed by atoms with E-state index in [0.717, 1.165) is 54.3 Å². The van der Waals surface area contributed by atoms with Crippen molar-refractivity contribution in [2.75, 3.05) is 38.0 Å². The van der Waals surface area contributed by atoms with Gasteiger partial charge in [-0.25, -0.2) is 15.0 Å². The van der Waals surface area contributed by atoms with Gasteiger partial charge in [0.15, 0.2) is 0 Å². The second kappa shape index (κ2) is 8.88. The van der Waals surface area contributed by atoms with E-state index >= 15 is 0 Å². The number of piperidine rings is 2. The van der Waals surface area contributed by atoms with Gasteiger partial charge in [0, 0.05) is 42.5 Å². The van der Waals surface area contributed by atoms with Crippen LogP contribution in [0.1, 0.15) is 25.7 Å². The number of pyridine rings is 1. The second-order valence-corrected chi connectivity index (χ2v) is 8.84. The summed E-state index contributed by atoms with van der Waals surface area (Å²) in [6.45, 7) is 5.75. The number of halogens is 1. The minimum atomic E-state index is 0.360. The molecular weight excluding hydrogens is 398 g/mol. The molecule has 0 amide bonds. The highest BCUT2D eigenvalue weighted by Crippen LogP contribution is 2.32. The minimum absolute atomic E-state index is 0.360. The number of aromatic nitrogens is 4. The molecule has 1 atom stereocenters. The van der Waals surface area contributed by atoms with Crippen LogP contribution in [0.2, 0.25) is 5.02 Å². The quantitative estimate of drug-likeness (QED) is 0.580. The van der Waals surface area contributed by atoms with Gasteiger partial charge in [-0.1, -0.05) is 11.6 Å². The molecule has 8 heteroatoms. The number of rotatable bonds is 5. The molecule has 2 fully saturated rings. The predicted molar refractivity (Wildman–Crippen MR) is 121 cm³/mol. The Labute approximate surface area is 181 Å². The first kappa shape index (κ1) is 19.7. The molecule has 3 aromatic rings. The van der Waals surface area contributed by atoms with E-state index in [4.69, 9.17) is 16.6 Å². The summed E-state index contributed by atoms with van der Waals surface area (Å²) in [5.41, 5.74) is 2.51. The monoisotopic (exact) mass is 425 g/mol. The van der Waals surface area contributed by atoms with Crippen LogP contribution in [-0.2, 0) is 0 Å².